The molecule has 0 spiro atoms. The van der Waals surface area contributed by atoms with Gasteiger partial charge in [0.1, 0.15) is 29.1 Å². The maximum absolute atomic E-state index is 14.6. The van der Waals surface area contributed by atoms with E-state index in [4.69, 9.17) is 0 Å². The molecule has 0 heterocycles. The van der Waals surface area contributed by atoms with Gasteiger partial charge in [-0.1, -0.05) is 359 Å². The maximum Gasteiger partial charge on any atom is 0.131 e. The first-order valence-electron chi connectivity index (χ1n) is 36.5. The lowest BCUT2D eigenvalue weighted by molar-refractivity contribution is 0.631. The smallest absolute Gasteiger partial charge is 0.131 e. The van der Waals surface area contributed by atoms with E-state index < -0.39 is 0 Å². The van der Waals surface area contributed by atoms with Crippen LogP contribution < -0.4 is 0 Å². The molecule has 0 saturated heterocycles. The van der Waals surface area contributed by atoms with Crippen LogP contribution in [0.25, 0.3) is 111 Å². The molecule has 108 heavy (non-hydrogen) atoms. The quantitative estimate of drug-likeness (QED) is 0.0797. The minimum atomic E-state index is -0.188. The van der Waals surface area contributed by atoms with Crippen LogP contribution in [-0.4, -0.2) is 0 Å². The Bertz CT molecular complexity index is 4900. The van der Waals surface area contributed by atoms with Crippen molar-refractivity contribution in [1.82, 2.24) is 0 Å². The predicted molar refractivity (Wildman–Crippen MR) is 448 cm³/mol. The number of hydrogen-bond acceptors (Lipinski definition) is 0. The summed E-state index contributed by atoms with van der Waals surface area (Å²) in [5.74, 6) is -0.922. The molecular weight excluding hydrogens is 1330 g/mol. The van der Waals surface area contributed by atoms with Crippen LogP contribution in [0.3, 0.4) is 0 Å². The molecular formula is C103H89F5. The predicted octanol–water partition coefficient (Wildman–Crippen LogP) is 29.7. The molecule has 15 aromatic carbocycles. The van der Waals surface area contributed by atoms with Gasteiger partial charge in [-0.2, -0.15) is 0 Å². The van der Waals surface area contributed by atoms with Crippen LogP contribution in [0, 0.1) is 91.4 Å². The van der Waals surface area contributed by atoms with Crippen LogP contribution >= 0.6 is 0 Å². The fraction of sp³-hybridized carbons (Fsp3) is 0.107. The van der Waals surface area contributed by atoms with Gasteiger partial charge in [0.2, 0.25) is 0 Å². The molecule has 0 nitrogen and oxygen atoms in total. The number of hydrogen-bond donors (Lipinski definition) is 0. The highest BCUT2D eigenvalue weighted by molar-refractivity contribution is 5.77. The zero-order valence-electron chi connectivity index (χ0n) is 62.8. The summed E-state index contributed by atoms with van der Waals surface area (Å²) in [6.07, 6.45) is 3.84. The van der Waals surface area contributed by atoms with E-state index in [1.165, 1.54) is 55.6 Å². The van der Waals surface area contributed by atoms with Crippen molar-refractivity contribution < 1.29 is 22.0 Å². The topological polar surface area (TPSA) is 0 Å². The fourth-order valence-corrected chi connectivity index (χ4v) is 12.4. The third-order valence-electron chi connectivity index (χ3n) is 19.1. The summed E-state index contributed by atoms with van der Waals surface area (Å²) in [6.45, 7) is 22.1. The molecule has 15 aromatic rings. The molecule has 0 unspecified atom stereocenters. The molecule has 0 bridgehead atoms. The molecule has 5 heteroatoms. The Balaban J connectivity index is 0.000000134. The lowest BCUT2D eigenvalue weighted by Gasteiger charge is -2.08. The normalized spacial score (nSPS) is 10.6. The largest absolute Gasteiger partial charge is 0.206 e. The molecule has 0 aliphatic carbocycles. The summed E-state index contributed by atoms with van der Waals surface area (Å²) >= 11 is 0. The molecule has 0 radical (unpaired) electrons. The molecule has 0 saturated carbocycles. The third kappa shape index (κ3) is 20.8. The second-order valence-electron chi connectivity index (χ2n) is 27.8. The van der Waals surface area contributed by atoms with Crippen LogP contribution in [0.2, 0.25) is 0 Å². The van der Waals surface area contributed by atoms with Gasteiger partial charge in [0.05, 0.1) is 0 Å². The van der Waals surface area contributed by atoms with E-state index in [0.717, 1.165) is 96.3 Å². The first kappa shape index (κ1) is 76.8. The Kier molecular flexibility index (Phi) is 26.0. The van der Waals surface area contributed by atoms with E-state index in [1.54, 1.807) is 30.3 Å². The monoisotopic (exact) mass is 1420 g/mol. The number of rotatable bonds is 13. The summed E-state index contributed by atoms with van der Waals surface area (Å²) in [4.78, 5) is 0. The summed E-state index contributed by atoms with van der Waals surface area (Å²) in [6, 6.07) is 108. The molecule has 15 rings (SSSR count). The van der Waals surface area contributed by atoms with Gasteiger partial charge in [-0.3, -0.25) is 0 Å². The van der Waals surface area contributed by atoms with E-state index in [1.807, 2.05) is 360 Å². The van der Waals surface area contributed by atoms with Crippen LogP contribution in [-0.2, 0) is 6.42 Å². The molecule has 0 aliphatic rings. The molecule has 0 aromatic heterocycles. The molecule has 0 aliphatic heterocycles. The molecule has 0 amide bonds. The van der Waals surface area contributed by atoms with Crippen molar-refractivity contribution in [2.24, 2.45) is 0 Å². The first-order valence-corrected chi connectivity index (χ1v) is 36.5. The van der Waals surface area contributed by atoms with Crippen LogP contribution in [0.15, 0.2) is 346 Å². The summed E-state index contributed by atoms with van der Waals surface area (Å²) in [5.41, 5.74) is 29.4. The van der Waals surface area contributed by atoms with Crippen molar-refractivity contribution in [3.63, 3.8) is 0 Å². The number of aryl methyl sites for hydroxylation is 10. The van der Waals surface area contributed by atoms with Crippen molar-refractivity contribution in [2.45, 2.75) is 75.2 Å². The highest BCUT2D eigenvalue weighted by Gasteiger charge is 2.14. The van der Waals surface area contributed by atoms with Crippen molar-refractivity contribution >= 4 is 0 Å². The van der Waals surface area contributed by atoms with Gasteiger partial charge >= 0.3 is 0 Å². The van der Waals surface area contributed by atoms with E-state index in [-0.39, 0.29) is 29.1 Å². The number of benzene rings is 15. The standard InChI is InChI=1S/C23H21F.4C20H17F/c1-3-4-5-18-8-12-20(13-9-18)22-15-14-21(16-23(22)24)19-10-6-17(2)7-11-19;4*1-14-3-7-16(8-4-14)18-11-12-19(20(21)13-18)17-9-5-15(2)6-10-17/h3,6-16H,1,4-5H2,2H3;4*3-13H,1-2H3. The Hall–Kier alpha value is -12.3. The van der Waals surface area contributed by atoms with Crippen molar-refractivity contribution in [3.05, 3.63) is 431 Å². The average molecular weight is 1420 g/mol. The van der Waals surface area contributed by atoms with E-state index in [0.29, 0.717) is 27.8 Å². The van der Waals surface area contributed by atoms with Crippen molar-refractivity contribution in [3.8, 4) is 111 Å². The molecule has 536 valence electrons. The Labute approximate surface area is 635 Å². The summed E-state index contributed by atoms with van der Waals surface area (Å²) in [5, 5.41) is 0. The highest BCUT2D eigenvalue weighted by Crippen LogP contribution is 2.35. The number of halogens is 5. The zero-order chi connectivity index (χ0) is 76.2. The van der Waals surface area contributed by atoms with Gasteiger partial charge in [0, 0.05) is 27.8 Å². The Morgan fingerprint density at radius 2 is 0.324 bits per heavy atom. The van der Waals surface area contributed by atoms with Crippen LogP contribution in [0.5, 0.6) is 0 Å². The molecule has 0 fully saturated rings. The number of allylic oxidation sites excluding steroid dienone is 1. The average Bonchev–Trinajstić information content (AvgIpc) is 0.839. The Morgan fingerprint density at radius 3 is 0.472 bits per heavy atom. The first-order chi connectivity index (χ1) is 52.2. The molecule has 0 atom stereocenters. The molecule has 0 N–H and O–H groups in total. The van der Waals surface area contributed by atoms with Gasteiger partial charge in [-0.05, 0) is 195 Å². The lowest BCUT2D eigenvalue weighted by atomic mass is 9.98. The summed E-state index contributed by atoms with van der Waals surface area (Å²) < 4.78 is 72.2. The van der Waals surface area contributed by atoms with Gasteiger partial charge in [-0.25, -0.2) is 22.0 Å². The van der Waals surface area contributed by atoms with Crippen LogP contribution in [0.4, 0.5) is 22.0 Å². The van der Waals surface area contributed by atoms with Crippen molar-refractivity contribution in [1.29, 1.82) is 0 Å². The van der Waals surface area contributed by atoms with Gasteiger partial charge in [0.25, 0.3) is 0 Å². The second-order valence-corrected chi connectivity index (χ2v) is 27.8. The van der Waals surface area contributed by atoms with Crippen LogP contribution in [0.1, 0.15) is 62.1 Å². The lowest BCUT2D eigenvalue weighted by Crippen LogP contribution is -1.88. The third-order valence-corrected chi connectivity index (χ3v) is 19.1. The zero-order valence-corrected chi connectivity index (χ0v) is 62.8. The fourth-order valence-electron chi connectivity index (χ4n) is 12.4. The second kappa shape index (κ2) is 36.6. The van der Waals surface area contributed by atoms with E-state index in [2.05, 4.69) is 18.7 Å². The van der Waals surface area contributed by atoms with E-state index in [9.17, 15) is 22.0 Å². The minimum absolute atomic E-state index is 0.183. The van der Waals surface area contributed by atoms with Gasteiger partial charge in [-0.15, -0.1) is 6.58 Å². The summed E-state index contributed by atoms with van der Waals surface area (Å²) in [7, 11) is 0. The Morgan fingerprint density at radius 1 is 0.185 bits per heavy atom. The highest BCUT2D eigenvalue weighted by atomic mass is 19.1. The van der Waals surface area contributed by atoms with Gasteiger partial charge in [0.15, 0.2) is 0 Å². The van der Waals surface area contributed by atoms with E-state index >= 15 is 0 Å². The SMILES string of the molecule is C=CCCc1ccc(-c2ccc(-c3ccc(C)cc3)cc2F)cc1.Cc1ccc(-c2ccc(-c3ccc(C)cc3)c(F)c2)cc1.Cc1ccc(-c2ccc(-c3ccc(C)cc3)c(F)c2)cc1.Cc1ccc(-c2ccc(-c3ccc(C)cc3)c(F)c2)cc1.Cc1ccc(-c2ccc(-c3ccc(C)cc3)c(F)c2)cc1. The minimum Gasteiger partial charge on any atom is -0.206 e. The van der Waals surface area contributed by atoms with Gasteiger partial charge < -0.3 is 0 Å². The maximum atomic E-state index is 14.6. The van der Waals surface area contributed by atoms with Crippen molar-refractivity contribution in [2.75, 3.05) is 0 Å².